The van der Waals surface area contributed by atoms with Crippen LogP contribution in [-0.4, -0.2) is 10.2 Å². The fraction of sp³-hybridized carbons (Fsp3) is 0.0476. The Morgan fingerprint density at radius 2 is 1.35 bits per heavy atom. The summed E-state index contributed by atoms with van der Waals surface area (Å²) in [5, 5.41) is 24.6. The number of hydrogen-bond donors (Lipinski definition) is 2. The molecule has 0 unspecified atom stereocenters. The molecule has 2 N–H and O–H groups in total. The largest absolute Gasteiger partial charge is 0.507 e. The fourth-order valence-corrected chi connectivity index (χ4v) is 3.25. The van der Waals surface area contributed by atoms with E-state index in [1.165, 1.54) is 0 Å². The lowest BCUT2D eigenvalue weighted by atomic mass is 9.91. The third-order valence-corrected chi connectivity index (χ3v) is 4.38. The minimum absolute atomic E-state index is 0.251. The zero-order chi connectivity index (χ0) is 16.0. The van der Waals surface area contributed by atoms with E-state index in [9.17, 15) is 10.2 Å². The number of rotatable bonds is 1. The van der Waals surface area contributed by atoms with Gasteiger partial charge in [0.25, 0.3) is 0 Å². The Bertz CT molecular complexity index is 1050. The van der Waals surface area contributed by atoms with Gasteiger partial charge in [0.1, 0.15) is 11.5 Å². The smallest absolute Gasteiger partial charge is 0.126 e. The molecule has 0 spiro atoms. The molecule has 0 saturated heterocycles. The third-order valence-electron chi connectivity index (χ3n) is 4.38. The monoisotopic (exact) mass is 300 g/mol. The lowest BCUT2D eigenvalue weighted by molar-refractivity contribution is 0.473. The fourth-order valence-electron chi connectivity index (χ4n) is 3.25. The van der Waals surface area contributed by atoms with Crippen LogP contribution in [0.1, 0.15) is 5.56 Å². The number of hydrogen-bond acceptors (Lipinski definition) is 2. The Hall–Kier alpha value is -3.00. The van der Waals surface area contributed by atoms with Crippen molar-refractivity contribution in [3.63, 3.8) is 0 Å². The summed E-state index contributed by atoms with van der Waals surface area (Å²) in [5.41, 5.74) is 2.59. The third kappa shape index (κ3) is 2.03. The molecule has 0 bridgehead atoms. The van der Waals surface area contributed by atoms with Gasteiger partial charge < -0.3 is 10.2 Å². The van der Waals surface area contributed by atoms with Crippen LogP contribution in [0, 0.1) is 6.92 Å². The molecule has 0 heterocycles. The van der Waals surface area contributed by atoms with Crippen LogP contribution in [0.4, 0.5) is 0 Å². The molecule has 23 heavy (non-hydrogen) atoms. The van der Waals surface area contributed by atoms with Gasteiger partial charge in [-0.3, -0.25) is 0 Å². The first-order valence-electron chi connectivity index (χ1n) is 7.59. The standard InChI is InChI=1S/C21H16O2/c1-13-12-14-6-2-3-7-15(14)20(21(13)23)18-10-11-19(22)17-9-5-4-8-16(17)18/h2-12,22-23H,1H3. The molecule has 0 aliphatic rings. The summed E-state index contributed by atoms with van der Waals surface area (Å²) in [7, 11) is 0. The maximum Gasteiger partial charge on any atom is 0.126 e. The predicted octanol–water partition coefficient (Wildman–Crippen LogP) is 5.38. The summed E-state index contributed by atoms with van der Waals surface area (Å²) in [6.07, 6.45) is 0. The van der Waals surface area contributed by atoms with Crippen LogP contribution in [0.25, 0.3) is 32.7 Å². The number of phenols is 2. The van der Waals surface area contributed by atoms with Crippen LogP contribution in [0.3, 0.4) is 0 Å². The summed E-state index contributed by atoms with van der Waals surface area (Å²) in [5.74, 6) is 0.542. The number of aryl methyl sites for hydroxylation is 1. The summed E-state index contributed by atoms with van der Waals surface area (Å²) >= 11 is 0. The average Bonchev–Trinajstić information content (AvgIpc) is 2.58. The van der Waals surface area contributed by atoms with Gasteiger partial charge in [0, 0.05) is 10.9 Å². The van der Waals surface area contributed by atoms with E-state index < -0.39 is 0 Å². The van der Waals surface area contributed by atoms with Crippen molar-refractivity contribution < 1.29 is 10.2 Å². The molecule has 4 rings (SSSR count). The van der Waals surface area contributed by atoms with Crippen LogP contribution in [0.2, 0.25) is 0 Å². The Morgan fingerprint density at radius 1 is 0.696 bits per heavy atom. The van der Waals surface area contributed by atoms with Gasteiger partial charge in [0.15, 0.2) is 0 Å². The summed E-state index contributed by atoms with van der Waals surface area (Å²) in [6, 6.07) is 21.3. The number of phenolic OH excluding ortho intramolecular Hbond substituents is 2. The van der Waals surface area contributed by atoms with Crippen molar-refractivity contribution in [2.24, 2.45) is 0 Å². The molecule has 0 aliphatic heterocycles. The van der Waals surface area contributed by atoms with Gasteiger partial charge >= 0.3 is 0 Å². The van der Waals surface area contributed by atoms with E-state index in [0.29, 0.717) is 5.75 Å². The first-order chi connectivity index (χ1) is 11.2. The second-order valence-electron chi connectivity index (χ2n) is 5.82. The van der Waals surface area contributed by atoms with Gasteiger partial charge in [0.05, 0.1) is 0 Å². The first-order valence-corrected chi connectivity index (χ1v) is 7.59. The highest BCUT2D eigenvalue weighted by Crippen LogP contribution is 2.43. The second kappa shape index (κ2) is 5.03. The summed E-state index contributed by atoms with van der Waals surface area (Å²) in [6.45, 7) is 1.91. The normalized spacial score (nSPS) is 11.2. The van der Waals surface area contributed by atoms with Gasteiger partial charge in [-0.2, -0.15) is 0 Å². The number of fused-ring (bicyclic) bond motifs is 2. The van der Waals surface area contributed by atoms with Crippen LogP contribution in [0.15, 0.2) is 66.7 Å². The highest BCUT2D eigenvalue weighted by atomic mass is 16.3. The molecular formula is C21H16O2. The van der Waals surface area contributed by atoms with Crippen LogP contribution < -0.4 is 0 Å². The molecule has 4 aromatic carbocycles. The van der Waals surface area contributed by atoms with Crippen LogP contribution in [0.5, 0.6) is 11.5 Å². The van der Waals surface area contributed by atoms with E-state index >= 15 is 0 Å². The minimum Gasteiger partial charge on any atom is -0.507 e. The van der Waals surface area contributed by atoms with E-state index in [1.807, 2.05) is 67.6 Å². The second-order valence-corrected chi connectivity index (χ2v) is 5.82. The zero-order valence-electron chi connectivity index (χ0n) is 12.7. The molecule has 0 aliphatic carbocycles. The Balaban J connectivity index is 2.20. The van der Waals surface area contributed by atoms with Crippen molar-refractivity contribution in [2.75, 3.05) is 0 Å². The molecule has 112 valence electrons. The first kappa shape index (κ1) is 13.6. The van der Waals surface area contributed by atoms with E-state index in [-0.39, 0.29) is 5.75 Å². The summed E-state index contributed by atoms with van der Waals surface area (Å²) in [4.78, 5) is 0. The van der Waals surface area contributed by atoms with E-state index in [0.717, 1.165) is 38.2 Å². The molecule has 4 aromatic rings. The van der Waals surface area contributed by atoms with Crippen LogP contribution in [-0.2, 0) is 0 Å². The van der Waals surface area contributed by atoms with Crippen molar-refractivity contribution in [3.8, 4) is 22.6 Å². The molecular weight excluding hydrogens is 284 g/mol. The maximum atomic E-state index is 10.7. The lowest BCUT2D eigenvalue weighted by Crippen LogP contribution is -1.88. The Kier molecular flexibility index (Phi) is 2.98. The Labute approximate surface area is 134 Å². The topological polar surface area (TPSA) is 40.5 Å². The average molecular weight is 300 g/mol. The molecule has 0 amide bonds. The lowest BCUT2D eigenvalue weighted by Gasteiger charge is -2.15. The molecule has 0 radical (unpaired) electrons. The van der Waals surface area contributed by atoms with Crippen molar-refractivity contribution in [2.45, 2.75) is 6.92 Å². The Morgan fingerprint density at radius 3 is 2.13 bits per heavy atom. The van der Waals surface area contributed by atoms with Crippen molar-refractivity contribution in [1.82, 2.24) is 0 Å². The highest BCUT2D eigenvalue weighted by Gasteiger charge is 2.15. The predicted molar refractivity (Wildman–Crippen MR) is 95.0 cm³/mol. The van der Waals surface area contributed by atoms with Crippen molar-refractivity contribution >= 4 is 21.5 Å². The van der Waals surface area contributed by atoms with E-state index in [2.05, 4.69) is 0 Å². The SMILES string of the molecule is Cc1cc2ccccc2c(-c2ccc(O)c3ccccc23)c1O. The molecule has 0 aromatic heterocycles. The number of benzene rings is 4. The van der Waals surface area contributed by atoms with Crippen molar-refractivity contribution in [3.05, 3.63) is 72.3 Å². The molecule has 0 fully saturated rings. The van der Waals surface area contributed by atoms with Gasteiger partial charge in [-0.1, -0.05) is 48.5 Å². The van der Waals surface area contributed by atoms with Crippen LogP contribution >= 0.6 is 0 Å². The molecule has 2 nitrogen and oxygen atoms in total. The quantitative estimate of drug-likeness (QED) is 0.495. The zero-order valence-corrected chi connectivity index (χ0v) is 12.7. The molecule has 0 saturated carbocycles. The van der Waals surface area contributed by atoms with Gasteiger partial charge in [-0.05, 0) is 52.4 Å². The van der Waals surface area contributed by atoms with E-state index in [4.69, 9.17) is 0 Å². The van der Waals surface area contributed by atoms with Gasteiger partial charge in [-0.15, -0.1) is 0 Å². The van der Waals surface area contributed by atoms with Gasteiger partial charge in [0.2, 0.25) is 0 Å². The minimum atomic E-state index is 0.251. The number of aromatic hydroxyl groups is 2. The summed E-state index contributed by atoms with van der Waals surface area (Å²) < 4.78 is 0. The maximum absolute atomic E-state index is 10.7. The molecule has 0 atom stereocenters. The van der Waals surface area contributed by atoms with E-state index in [1.54, 1.807) is 6.07 Å². The van der Waals surface area contributed by atoms with Gasteiger partial charge in [-0.25, -0.2) is 0 Å². The highest BCUT2D eigenvalue weighted by molar-refractivity contribution is 6.09. The molecule has 2 heteroatoms. The van der Waals surface area contributed by atoms with Crippen molar-refractivity contribution in [1.29, 1.82) is 0 Å².